The summed E-state index contributed by atoms with van der Waals surface area (Å²) in [6, 6.07) is 5.37. The van der Waals surface area contributed by atoms with Crippen LogP contribution in [0.4, 0.5) is 0 Å². The standard InChI is InChI=1S/C15H17NO2/c1-2-3-4-5-15(18)16-9-8-12-6-7-14(17)10-13(12)11-16/h2-7,10,17H,8-9,11H2,1H3/b3-2+,5-4+. The molecule has 1 N–H and O–H groups in total. The Labute approximate surface area is 107 Å². The minimum atomic E-state index is 0.0158. The first-order valence-electron chi connectivity index (χ1n) is 6.09. The van der Waals surface area contributed by atoms with Crippen molar-refractivity contribution in [2.45, 2.75) is 19.9 Å². The number of carbonyl (C=O) groups is 1. The number of nitrogens with zero attached hydrogens (tertiary/aromatic N) is 1. The molecule has 18 heavy (non-hydrogen) atoms. The first-order chi connectivity index (χ1) is 8.70. The molecule has 3 heteroatoms. The number of aromatic hydroxyl groups is 1. The molecule has 1 aliphatic rings. The van der Waals surface area contributed by atoms with Gasteiger partial charge >= 0.3 is 0 Å². The molecule has 2 rings (SSSR count). The molecule has 0 saturated heterocycles. The van der Waals surface area contributed by atoms with Crippen molar-refractivity contribution in [2.24, 2.45) is 0 Å². The van der Waals surface area contributed by atoms with Crippen molar-refractivity contribution in [3.8, 4) is 5.75 Å². The lowest BCUT2D eigenvalue weighted by molar-refractivity contribution is -0.126. The van der Waals surface area contributed by atoms with E-state index in [9.17, 15) is 9.90 Å². The van der Waals surface area contributed by atoms with Crippen LogP contribution in [0.5, 0.6) is 5.75 Å². The van der Waals surface area contributed by atoms with Gasteiger partial charge in [-0.2, -0.15) is 0 Å². The van der Waals surface area contributed by atoms with Crippen LogP contribution in [0.25, 0.3) is 0 Å². The maximum atomic E-state index is 11.9. The summed E-state index contributed by atoms with van der Waals surface area (Å²) in [6.07, 6.45) is 7.89. The van der Waals surface area contributed by atoms with Crippen LogP contribution in [0.3, 0.4) is 0 Å². The summed E-state index contributed by atoms with van der Waals surface area (Å²) in [5, 5.41) is 9.46. The molecule has 0 fully saturated rings. The fourth-order valence-electron chi connectivity index (χ4n) is 2.09. The Morgan fingerprint density at radius 3 is 2.94 bits per heavy atom. The number of phenolic OH excluding ortho intramolecular Hbond substituents is 1. The van der Waals surface area contributed by atoms with Crippen LogP contribution < -0.4 is 0 Å². The van der Waals surface area contributed by atoms with Gasteiger partial charge in [-0.3, -0.25) is 4.79 Å². The van der Waals surface area contributed by atoms with Crippen molar-refractivity contribution < 1.29 is 9.90 Å². The van der Waals surface area contributed by atoms with Gasteiger partial charge in [0.1, 0.15) is 5.75 Å². The van der Waals surface area contributed by atoms with Gasteiger partial charge in [-0.1, -0.05) is 24.3 Å². The molecule has 1 amide bonds. The molecule has 0 aromatic heterocycles. The van der Waals surface area contributed by atoms with Crippen LogP contribution in [-0.4, -0.2) is 22.5 Å². The molecule has 0 atom stereocenters. The van der Waals surface area contributed by atoms with Crippen LogP contribution in [0.1, 0.15) is 18.1 Å². The van der Waals surface area contributed by atoms with Crippen molar-refractivity contribution in [2.75, 3.05) is 6.54 Å². The van der Waals surface area contributed by atoms with E-state index in [2.05, 4.69) is 0 Å². The Kier molecular flexibility index (Phi) is 3.82. The van der Waals surface area contributed by atoms with E-state index in [4.69, 9.17) is 0 Å². The van der Waals surface area contributed by atoms with Crippen LogP contribution in [-0.2, 0) is 17.8 Å². The number of allylic oxidation sites excluding steroid dienone is 3. The molecule has 0 unspecified atom stereocenters. The van der Waals surface area contributed by atoms with Gasteiger partial charge in [-0.25, -0.2) is 0 Å². The number of carbonyl (C=O) groups excluding carboxylic acids is 1. The Bertz CT molecular complexity index is 503. The highest BCUT2D eigenvalue weighted by molar-refractivity contribution is 5.88. The molecule has 0 aliphatic carbocycles. The second kappa shape index (κ2) is 5.54. The van der Waals surface area contributed by atoms with Crippen LogP contribution in [0.15, 0.2) is 42.5 Å². The average Bonchev–Trinajstić information content (AvgIpc) is 2.38. The average molecular weight is 243 g/mol. The molecule has 0 bridgehead atoms. The maximum absolute atomic E-state index is 11.9. The molecule has 1 aliphatic heterocycles. The van der Waals surface area contributed by atoms with E-state index >= 15 is 0 Å². The second-order valence-corrected chi connectivity index (χ2v) is 4.35. The summed E-state index contributed by atoms with van der Waals surface area (Å²) in [7, 11) is 0. The first-order valence-corrected chi connectivity index (χ1v) is 6.09. The predicted octanol–water partition coefficient (Wildman–Crippen LogP) is 2.41. The van der Waals surface area contributed by atoms with Crippen molar-refractivity contribution >= 4 is 5.91 Å². The van der Waals surface area contributed by atoms with E-state index in [0.29, 0.717) is 6.54 Å². The van der Waals surface area contributed by atoms with Crippen LogP contribution in [0, 0.1) is 0 Å². The molecule has 1 aromatic rings. The Hall–Kier alpha value is -2.03. The Morgan fingerprint density at radius 1 is 1.33 bits per heavy atom. The number of rotatable bonds is 2. The third kappa shape index (κ3) is 2.80. The third-order valence-electron chi connectivity index (χ3n) is 3.06. The zero-order valence-corrected chi connectivity index (χ0v) is 10.5. The predicted molar refractivity (Wildman–Crippen MR) is 71.2 cm³/mol. The normalized spacial score (nSPS) is 15.3. The van der Waals surface area contributed by atoms with E-state index in [-0.39, 0.29) is 11.7 Å². The van der Waals surface area contributed by atoms with Gasteiger partial charge in [0.15, 0.2) is 0 Å². The fourth-order valence-corrected chi connectivity index (χ4v) is 2.09. The third-order valence-corrected chi connectivity index (χ3v) is 3.06. The van der Waals surface area contributed by atoms with Crippen molar-refractivity contribution in [3.05, 3.63) is 53.6 Å². The minimum absolute atomic E-state index is 0.0158. The van der Waals surface area contributed by atoms with E-state index in [1.165, 1.54) is 5.56 Å². The zero-order chi connectivity index (χ0) is 13.0. The topological polar surface area (TPSA) is 40.5 Å². The van der Waals surface area contributed by atoms with Crippen LogP contribution >= 0.6 is 0 Å². The van der Waals surface area contributed by atoms with Gasteiger partial charge in [0.2, 0.25) is 5.91 Å². The number of hydrogen-bond acceptors (Lipinski definition) is 2. The quantitative estimate of drug-likeness (QED) is 0.640. The van der Waals surface area contributed by atoms with Gasteiger partial charge in [0.05, 0.1) is 0 Å². The SMILES string of the molecule is C/C=C/C=C/C(=O)N1CCc2ccc(O)cc2C1. The molecule has 94 valence electrons. The van der Waals surface area contributed by atoms with Crippen molar-refractivity contribution in [1.29, 1.82) is 0 Å². The minimum Gasteiger partial charge on any atom is -0.508 e. The van der Waals surface area contributed by atoms with Crippen molar-refractivity contribution in [1.82, 2.24) is 4.90 Å². The number of benzene rings is 1. The monoisotopic (exact) mass is 243 g/mol. The van der Waals surface area contributed by atoms with Gasteiger partial charge in [0.25, 0.3) is 0 Å². The maximum Gasteiger partial charge on any atom is 0.246 e. The number of amides is 1. The van der Waals surface area contributed by atoms with Crippen molar-refractivity contribution in [3.63, 3.8) is 0 Å². The van der Waals surface area contributed by atoms with Gasteiger partial charge in [0, 0.05) is 19.2 Å². The molecule has 0 saturated carbocycles. The summed E-state index contributed by atoms with van der Waals surface area (Å²) >= 11 is 0. The number of phenols is 1. The Balaban J connectivity index is 2.09. The lowest BCUT2D eigenvalue weighted by Crippen LogP contribution is -2.34. The molecular formula is C15H17NO2. The van der Waals surface area contributed by atoms with E-state index in [1.54, 1.807) is 29.2 Å². The largest absolute Gasteiger partial charge is 0.508 e. The molecule has 1 heterocycles. The highest BCUT2D eigenvalue weighted by atomic mass is 16.3. The molecule has 1 aromatic carbocycles. The summed E-state index contributed by atoms with van der Waals surface area (Å²) < 4.78 is 0. The highest BCUT2D eigenvalue weighted by Crippen LogP contribution is 2.23. The van der Waals surface area contributed by atoms with Gasteiger partial charge in [-0.05, 0) is 36.6 Å². The lowest BCUT2D eigenvalue weighted by Gasteiger charge is -2.28. The first kappa shape index (κ1) is 12.4. The van der Waals surface area contributed by atoms with E-state index in [0.717, 1.165) is 18.5 Å². The fraction of sp³-hybridized carbons (Fsp3) is 0.267. The number of hydrogen-bond donors (Lipinski definition) is 1. The molecule has 3 nitrogen and oxygen atoms in total. The lowest BCUT2D eigenvalue weighted by atomic mass is 9.99. The second-order valence-electron chi connectivity index (χ2n) is 4.35. The van der Waals surface area contributed by atoms with Gasteiger partial charge in [-0.15, -0.1) is 0 Å². The number of fused-ring (bicyclic) bond motifs is 1. The Morgan fingerprint density at radius 2 is 2.17 bits per heavy atom. The molecule has 0 radical (unpaired) electrons. The smallest absolute Gasteiger partial charge is 0.246 e. The highest BCUT2D eigenvalue weighted by Gasteiger charge is 2.19. The summed E-state index contributed by atoms with van der Waals surface area (Å²) in [6.45, 7) is 3.22. The van der Waals surface area contributed by atoms with Crippen LogP contribution in [0.2, 0.25) is 0 Å². The van der Waals surface area contributed by atoms with E-state index < -0.39 is 0 Å². The van der Waals surface area contributed by atoms with Gasteiger partial charge < -0.3 is 10.0 Å². The summed E-state index contributed by atoms with van der Waals surface area (Å²) in [5.41, 5.74) is 2.25. The molecule has 0 spiro atoms. The van der Waals surface area contributed by atoms with E-state index in [1.807, 2.05) is 25.1 Å². The summed E-state index contributed by atoms with van der Waals surface area (Å²) in [5.74, 6) is 0.273. The molecular weight excluding hydrogens is 226 g/mol. The summed E-state index contributed by atoms with van der Waals surface area (Å²) in [4.78, 5) is 13.7. The zero-order valence-electron chi connectivity index (χ0n) is 10.5.